The molecule has 0 spiro atoms. The van der Waals surface area contributed by atoms with Gasteiger partial charge in [-0.1, -0.05) is 20.8 Å². The van der Waals surface area contributed by atoms with Crippen LogP contribution in [0.1, 0.15) is 47.0 Å². The Kier molecular flexibility index (Phi) is 10.3. The molecule has 3 heteroatoms. The fourth-order valence-electron chi connectivity index (χ4n) is 2.36. The third-order valence-electron chi connectivity index (χ3n) is 4.17. The highest BCUT2D eigenvalue weighted by Gasteiger charge is 2.28. The minimum Gasteiger partial charge on any atom is -0.316 e. The molecule has 2 nitrogen and oxygen atoms in total. The van der Waals surface area contributed by atoms with E-state index in [4.69, 9.17) is 0 Å². The Hall–Kier alpha value is 0.270. The van der Waals surface area contributed by atoms with Crippen molar-refractivity contribution in [1.29, 1.82) is 0 Å². The molecule has 0 saturated heterocycles. The van der Waals surface area contributed by atoms with E-state index in [0.717, 1.165) is 13.1 Å². The predicted octanol–water partition coefficient (Wildman–Crippen LogP) is 3.48. The van der Waals surface area contributed by atoms with Crippen molar-refractivity contribution in [2.24, 2.45) is 5.41 Å². The van der Waals surface area contributed by atoms with Crippen LogP contribution < -0.4 is 5.32 Å². The van der Waals surface area contributed by atoms with Gasteiger partial charge in [0, 0.05) is 24.9 Å². The molecule has 0 aromatic heterocycles. The lowest BCUT2D eigenvalue weighted by Gasteiger charge is -2.38. The highest BCUT2D eigenvalue weighted by Crippen LogP contribution is 2.27. The zero-order chi connectivity index (χ0) is 14.0. The summed E-state index contributed by atoms with van der Waals surface area (Å²) in [5, 5.41) is 3.62. The number of nitrogens with zero attached hydrogens (tertiary/aromatic N) is 1. The van der Waals surface area contributed by atoms with Gasteiger partial charge in [-0.05, 0) is 51.4 Å². The molecule has 1 unspecified atom stereocenters. The Bertz CT molecular complexity index is 193. The number of nitrogens with one attached hydrogen (secondary N) is 1. The van der Waals surface area contributed by atoms with Crippen LogP contribution in [0.5, 0.6) is 0 Å². The third kappa shape index (κ3) is 6.44. The summed E-state index contributed by atoms with van der Waals surface area (Å²) in [7, 11) is 2.28. The Balaban J connectivity index is 4.39. The van der Waals surface area contributed by atoms with Gasteiger partial charge in [0.25, 0.3) is 0 Å². The highest BCUT2D eigenvalue weighted by molar-refractivity contribution is 7.98. The molecule has 1 atom stereocenters. The molecular weight excluding hydrogens is 240 g/mol. The summed E-state index contributed by atoms with van der Waals surface area (Å²) in [6.07, 6.45) is 5.94. The normalized spacial score (nSPS) is 14.2. The Morgan fingerprint density at radius 2 is 1.83 bits per heavy atom. The maximum absolute atomic E-state index is 3.62. The summed E-state index contributed by atoms with van der Waals surface area (Å²) in [5.41, 5.74) is 0.441. The van der Waals surface area contributed by atoms with Crippen LogP contribution in [0, 0.1) is 5.41 Å². The molecule has 0 aliphatic heterocycles. The molecule has 0 rings (SSSR count). The topological polar surface area (TPSA) is 15.3 Å². The van der Waals surface area contributed by atoms with E-state index in [0.29, 0.717) is 11.5 Å². The molecule has 0 bridgehead atoms. The van der Waals surface area contributed by atoms with E-state index in [2.05, 4.69) is 51.2 Å². The minimum absolute atomic E-state index is 0.441. The van der Waals surface area contributed by atoms with Crippen LogP contribution >= 0.6 is 11.8 Å². The smallest absolute Gasteiger partial charge is 0.0155 e. The molecule has 1 N–H and O–H groups in total. The molecule has 0 aromatic carbocycles. The van der Waals surface area contributed by atoms with E-state index in [1.54, 1.807) is 0 Å². The summed E-state index contributed by atoms with van der Waals surface area (Å²) in [6, 6.07) is 0.670. The molecule has 18 heavy (non-hydrogen) atoms. The second-order valence-electron chi connectivity index (χ2n) is 5.60. The molecule has 0 aromatic rings. The first-order valence-corrected chi connectivity index (χ1v) is 8.84. The van der Waals surface area contributed by atoms with Gasteiger partial charge >= 0.3 is 0 Å². The summed E-state index contributed by atoms with van der Waals surface area (Å²) in [4.78, 5) is 2.54. The standard InChI is InChI=1S/C15H34N2S/c1-7-10-16-12-15(8-2,9-3)13-17(5)14(4)11-18-6/h14,16H,7-13H2,1-6H3. The zero-order valence-corrected chi connectivity index (χ0v) is 14.2. The maximum Gasteiger partial charge on any atom is 0.0155 e. The number of hydrogen-bond donors (Lipinski definition) is 1. The van der Waals surface area contributed by atoms with E-state index in [1.165, 1.54) is 31.6 Å². The molecular formula is C15H34N2S. The highest BCUT2D eigenvalue weighted by atomic mass is 32.2. The molecule has 0 amide bonds. The predicted molar refractivity (Wildman–Crippen MR) is 86.6 cm³/mol. The average molecular weight is 275 g/mol. The monoisotopic (exact) mass is 274 g/mol. The van der Waals surface area contributed by atoms with Gasteiger partial charge in [0.05, 0.1) is 0 Å². The van der Waals surface area contributed by atoms with Crippen LogP contribution in [0.2, 0.25) is 0 Å². The molecule has 0 fully saturated rings. The Labute approximate surface area is 119 Å². The lowest BCUT2D eigenvalue weighted by molar-refractivity contribution is 0.135. The number of rotatable bonds is 11. The second-order valence-corrected chi connectivity index (χ2v) is 6.51. The number of thioether (sulfide) groups is 1. The van der Waals surface area contributed by atoms with Crippen LogP contribution in [0.3, 0.4) is 0 Å². The van der Waals surface area contributed by atoms with Crippen molar-refractivity contribution >= 4 is 11.8 Å². The molecule has 0 saturated carbocycles. The fraction of sp³-hybridized carbons (Fsp3) is 1.00. The molecule has 0 heterocycles. The van der Waals surface area contributed by atoms with Crippen LogP contribution in [0.15, 0.2) is 0 Å². The second kappa shape index (κ2) is 10.1. The largest absolute Gasteiger partial charge is 0.316 e. The van der Waals surface area contributed by atoms with E-state index in [9.17, 15) is 0 Å². The van der Waals surface area contributed by atoms with E-state index >= 15 is 0 Å². The minimum atomic E-state index is 0.441. The third-order valence-corrected chi connectivity index (χ3v) is 4.99. The van der Waals surface area contributed by atoms with Gasteiger partial charge in [-0.15, -0.1) is 0 Å². The van der Waals surface area contributed by atoms with Crippen molar-refractivity contribution in [2.45, 2.75) is 53.0 Å². The van der Waals surface area contributed by atoms with Crippen molar-refractivity contribution in [3.63, 3.8) is 0 Å². The first-order chi connectivity index (χ1) is 8.55. The number of hydrogen-bond acceptors (Lipinski definition) is 3. The molecule has 0 aliphatic rings. The lowest BCUT2D eigenvalue weighted by Crippen LogP contribution is -2.45. The Morgan fingerprint density at radius 3 is 2.28 bits per heavy atom. The lowest BCUT2D eigenvalue weighted by atomic mass is 9.81. The van der Waals surface area contributed by atoms with E-state index < -0.39 is 0 Å². The van der Waals surface area contributed by atoms with Crippen LogP contribution in [0.4, 0.5) is 0 Å². The van der Waals surface area contributed by atoms with Gasteiger partial charge in [0.1, 0.15) is 0 Å². The van der Waals surface area contributed by atoms with Crippen LogP contribution in [-0.4, -0.2) is 49.6 Å². The van der Waals surface area contributed by atoms with Crippen molar-refractivity contribution in [2.75, 3.05) is 38.7 Å². The first-order valence-electron chi connectivity index (χ1n) is 7.45. The summed E-state index contributed by atoms with van der Waals surface area (Å²) in [6.45, 7) is 12.8. The molecule has 0 aliphatic carbocycles. The van der Waals surface area contributed by atoms with Crippen molar-refractivity contribution in [3.8, 4) is 0 Å². The summed E-state index contributed by atoms with van der Waals surface area (Å²) >= 11 is 1.94. The first kappa shape index (κ1) is 18.3. The Morgan fingerprint density at radius 1 is 1.22 bits per heavy atom. The van der Waals surface area contributed by atoms with Gasteiger partial charge in [-0.3, -0.25) is 0 Å². The van der Waals surface area contributed by atoms with Crippen molar-refractivity contribution in [3.05, 3.63) is 0 Å². The van der Waals surface area contributed by atoms with Crippen LogP contribution in [-0.2, 0) is 0 Å². The van der Waals surface area contributed by atoms with Gasteiger partial charge in [0.2, 0.25) is 0 Å². The van der Waals surface area contributed by atoms with E-state index in [-0.39, 0.29) is 0 Å². The van der Waals surface area contributed by atoms with E-state index in [1.807, 2.05) is 11.8 Å². The zero-order valence-electron chi connectivity index (χ0n) is 13.4. The summed E-state index contributed by atoms with van der Waals surface area (Å²) in [5.74, 6) is 1.22. The summed E-state index contributed by atoms with van der Waals surface area (Å²) < 4.78 is 0. The average Bonchev–Trinajstić information content (AvgIpc) is 2.38. The molecule has 110 valence electrons. The van der Waals surface area contributed by atoms with Gasteiger partial charge in [-0.2, -0.15) is 11.8 Å². The maximum atomic E-state index is 3.62. The molecule has 0 radical (unpaired) electrons. The van der Waals surface area contributed by atoms with Crippen LogP contribution in [0.25, 0.3) is 0 Å². The SMILES string of the molecule is CCCNCC(CC)(CC)CN(C)C(C)CSC. The quantitative estimate of drug-likeness (QED) is 0.581. The van der Waals surface area contributed by atoms with Gasteiger partial charge in [-0.25, -0.2) is 0 Å². The van der Waals surface area contributed by atoms with Gasteiger partial charge < -0.3 is 10.2 Å². The van der Waals surface area contributed by atoms with Crippen molar-refractivity contribution < 1.29 is 0 Å². The van der Waals surface area contributed by atoms with Crippen molar-refractivity contribution in [1.82, 2.24) is 10.2 Å². The fourth-order valence-corrected chi connectivity index (χ4v) is 3.10. The van der Waals surface area contributed by atoms with Gasteiger partial charge in [0.15, 0.2) is 0 Å².